The van der Waals surface area contributed by atoms with Crippen LogP contribution >= 0.6 is 0 Å². The number of aryl methyl sites for hydroxylation is 1. The van der Waals surface area contributed by atoms with Crippen LogP contribution in [0.3, 0.4) is 0 Å². The van der Waals surface area contributed by atoms with Crippen LogP contribution in [-0.4, -0.2) is 30.7 Å². The number of amidine groups is 1. The van der Waals surface area contributed by atoms with Crippen LogP contribution in [0.4, 0.5) is 4.39 Å². The molecule has 0 radical (unpaired) electrons. The Morgan fingerprint density at radius 2 is 2.00 bits per heavy atom. The molecule has 1 aromatic heterocycles. The zero-order valence-corrected chi connectivity index (χ0v) is 17.7. The lowest BCUT2D eigenvalue weighted by atomic mass is 9.82. The molecule has 0 aliphatic carbocycles. The van der Waals surface area contributed by atoms with E-state index >= 15 is 0 Å². The molecule has 3 aromatic rings. The molecule has 8 heteroatoms. The minimum absolute atomic E-state index is 0.0949. The molecule has 32 heavy (non-hydrogen) atoms. The van der Waals surface area contributed by atoms with Crippen molar-refractivity contribution in [2.45, 2.75) is 19.4 Å². The monoisotopic (exact) mass is 435 g/mol. The molecule has 0 bridgehead atoms. The summed E-state index contributed by atoms with van der Waals surface area (Å²) in [5, 5.41) is 0. The van der Waals surface area contributed by atoms with E-state index in [1.165, 1.54) is 12.3 Å². The van der Waals surface area contributed by atoms with E-state index < -0.39 is 11.5 Å². The minimum Gasteiger partial charge on any atom is -0.494 e. The molecule has 0 saturated carbocycles. The quantitative estimate of drug-likeness (QED) is 0.344. The van der Waals surface area contributed by atoms with Gasteiger partial charge in [-0.3, -0.25) is 4.79 Å². The summed E-state index contributed by atoms with van der Waals surface area (Å²) >= 11 is 0. The number of benzene rings is 2. The van der Waals surface area contributed by atoms with E-state index in [-0.39, 0.29) is 19.1 Å². The molecule has 2 aromatic carbocycles. The molecule has 1 aliphatic rings. The van der Waals surface area contributed by atoms with Crippen LogP contribution in [0, 0.1) is 12.9 Å². The summed E-state index contributed by atoms with van der Waals surface area (Å²) in [7, 11) is 0. The SMILES string of the molecule is CCOc1ccc(C2(c3cccc(-c4ccc(F)nc4)c3)COC(NOC=O)=N2)cc1C. The molecule has 0 amide bonds. The highest BCUT2D eigenvalue weighted by atomic mass is 19.1. The van der Waals surface area contributed by atoms with E-state index in [1.54, 1.807) is 6.07 Å². The number of carbonyl (C=O) groups is 1. The van der Waals surface area contributed by atoms with Crippen molar-refractivity contribution in [1.82, 2.24) is 10.5 Å². The van der Waals surface area contributed by atoms with Gasteiger partial charge in [0.15, 0.2) is 5.54 Å². The Morgan fingerprint density at radius 1 is 1.16 bits per heavy atom. The van der Waals surface area contributed by atoms with Gasteiger partial charge in [-0.05, 0) is 66.4 Å². The van der Waals surface area contributed by atoms with Crippen LogP contribution in [0.1, 0.15) is 23.6 Å². The fourth-order valence-corrected chi connectivity index (χ4v) is 3.73. The third kappa shape index (κ3) is 4.12. The highest BCUT2D eigenvalue weighted by Crippen LogP contribution is 2.40. The van der Waals surface area contributed by atoms with Crippen molar-refractivity contribution in [1.29, 1.82) is 0 Å². The minimum atomic E-state index is -0.895. The molecule has 0 spiro atoms. The number of aliphatic imine (C=N–C) groups is 1. The van der Waals surface area contributed by atoms with Crippen molar-refractivity contribution in [2.24, 2.45) is 4.99 Å². The molecule has 1 aliphatic heterocycles. The number of hydroxylamine groups is 1. The van der Waals surface area contributed by atoms with Crippen molar-refractivity contribution in [3.8, 4) is 16.9 Å². The van der Waals surface area contributed by atoms with Gasteiger partial charge in [0.05, 0.1) is 6.61 Å². The molecule has 1 unspecified atom stereocenters. The number of halogens is 1. The van der Waals surface area contributed by atoms with Gasteiger partial charge in [-0.1, -0.05) is 24.3 Å². The van der Waals surface area contributed by atoms with E-state index in [2.05, 4.69) is 15.3 Å². The van der Waals surface area contributed by atoms with Gasteiger partial charge in [-0.2, -0.15) is 9.87 Å². The number of aromatic nitrogens is 1. The summed E-state index contributed by atoms with van der Waals surface area (Å²) in [4.78, 5) is 23.7. The largest absolute Gasteiger partial charge is 0.494 e. The summed E-state index contributed by atoms with van der Waals surface area (Å²) in [5.41, 5.74) is 5.85. The number of nitrogens with zero attached hydrogens (tertiary/aromatic N) is 2. The van der Waals surface area contributed by atoms with Crippen LogP contribution in [-0.2, 0) is 19.9 Å². The van der Waals surface area contributed by atoms with Gasteiger partial charge in [0.2, 0.25) is 5.95 Å². The van der Waals surface area contributed by atoms with E-state index in [0.717, 1.165) is 33.6 Å². The number of nitrogens with one attached hydrogen (secondary N) is 1. The summed E-state index contributed by atoms with van der Waals surface area (Å²) in [6.45, 7) is 4.92. The van der Waals surface area contributed by atoms with Crippen LogP contribution in [0.2, 0.25) is 0 Å². The predicted octanol–water partition coefficient (Wildman–Crippen LogP) is 3.90. The van der Waals surface area contributed by atoms with Crippen LogP contribution < -0.4 is 10.2 Å². The second-order valence-electron chi connectivity index (χ2n) is 7.25. The average Bonchev–Trinajstić information content (AvgIpc) is 3.25. The fraction of sp³-hybridized carbons (Fsp3) is 0.208. The first-order valence-electron chi connectivity index (χ1n) is 10.1. The van der Waals surface area contributed by atoms with Gasteiger partial charge in [-0.15, -0.1) is 0 Å². The fourth-order valence-electron chi connectivity index (χ4n) is 3.73. The number of hydrogen-bond donors (Lipinski definition) is 1. The van der Waals surface area contributed by atoms with Gasteiger partial charge in [0.25, 0.3) is 0 Å². The second kappa shape index (κ2) is 9.05. The summed E-state index contributed by atoms with van der Waals surface area (Å²) in [5.74, 6) is 0.258. The van der Waals surface area contributed by atoms with Crippen molar-refractivity contribution >= 4 is 12.5 Å². The Labute approximate surface area is 184 Å². The van der Waals surface area contributed by atoms with Gasteiger partial charge < -0.3 is 14.3 Å². The van der Waals surface area contributed by atoms with Gasteiger partial charge in [0, 0.05) is 11.8 Å². The lowest BCUT2D eigenvalue weighted by molar-refractivity contribution is -0.132. The van der Waals surface area contributed by atoms with Crippen molar-refractivity contribution in [3.05, 3.63) is 83.4 Å². The van der Waals surface area contributed by atoms with Gasteiger partial charge in [0.1, 0.15) is 12.4 Å². The lowest BCUT2D eigenvalue weighted by Gasteiger charge is -2.26. The maximum atomic E-state index is 13.3. The van der Waals surface area contributed by atoms with Crippen LogP contribution in [0.5, 0.6) is 5.75 Å². The van der Waals surface area contributed by atoms with Crippen LogP contribution in [0.25, 0.3) is 11.1 Å². The highest BCUT2D eigenvalue weighted by molar-refractivity contribution is 5.77. The smallest absolute Gasteiger partial charge is 0.320 e. The second-order valence-corrected chi connectivity index (χ2v) is 7.25. The summed E-state index contributed by atoms with van der Waals surface area (Å²) in [6.07, 6.45) is 1.49. The number of carbonyl (C=O) groups excluding carboxylic acids is 1. The molecule has 164 valence electrons. The Balaban J connectivity index is 1.82. The van der Waals surface area contributed by atoms with Crippen molar-refractivity contribution in [2.75, 3.05) is 13.2 Å². The maximum absolute atomic E-state index is 13.3. The van der Waals surface area contributed by atoms with Gasteiger partial charge >= 0.3 is 12.5 Å². The van der Waals surface area contributed by atoms with E-state index in [0.29, 0.717) is 6.61 Å². The maximum Gasteiger partial charge on any atom is 0.320 e. The van der Waals surface area contributed by atoms with Gasteiger partial charge in [-0.25, -0.2) is 9.98 Å². The lowest BCUT2D eigenvalue weighted by Crippen LogP contribution is -2.27. The van der Waals surface area contributed by atoms with E-state index in [9.17, 15) is 9.18 Å². The molecule has 1 N–H and O–H groups in total. The topological polar surface area (TPSA) is 82.0 Å². The molecule has 0 fully saturated rings. The molecule has 0 saturated heterocycles. The standard InChI is InChI=1S/C24H22FN3O4/c1-3-30-21-9-8-20(11-16(21)2)24(14-31-23(27-24)28-32-15-29)19-6-4-5-17(12-19)18-7-10-22(25)26-13-18/h4-13,15H,3,14H2,1-2H3,(H,27,28). The first-order chi connectivity index (χ1) is 15.6. The Bertz CT molecular complexity index is 1150. The molecule has 7 nitrogen and oxygen atoms in total. The molecule has 2 heterocycles. The third-order valence-electron chi connectivity index (χ3n) is 5.26. The van der Waals surface area contributed by atoms with E-state index in [4.69, 9.17) is 14.5 Å². The zero-order valence-electron chi connectivity index (χ0n) is 17.7. The number of pyridine rings is 1. The number of hydrogen-bond acceptors (Lipinski definition) is 7. The summed E-state index contributed by atoms with van der Waals surface area (Å²) < 4.78 is 24.7. The van der Waals surface area contributed by atoms with E-state index in [1.807, 2.05) is 56.3 Å². The van der Waals surface area contributed by atoms with Crippen molar-refractivity contribution in [3.63, 3.8) is 0 Å². The molecular weight excluding hydrogens is 413 g/mol. The van der Waals surface area contributed by atoms with Crippen LogP contribution in [0.15, 0.2) is 65.8 Å². The number of ether oxygens (including phenoxy) is 2. The molecule has 4 rings (SSSR count). The number of rotatable bonds is 7. The van der Waals surface area contributed by atoms with Crippen molar-refractivity contribution < 1.29 is 23.5 Å². The Morgan fingerprint density at radius 3 is 2.72 bits per heavy atom. The zero-order chi connectivity index (χ0) is 22.6. The Hall–Kier alpha value is -3.94. The first-order valence-corrected chi connectivity index (χ1v) is 10.1. The molecular formula is C24H22FN3O4. The normalized spacial score (nSPS) is 17.3. The average molecular weight is 435 g/mol. The first kappa shape index (κ1) is 21.3. The molecule has 1 atom stereocenters. The summed E-state index contributed by atoms with van der Waals surface area (Å²) in [6, 6.07) is 16.7. The Kier molecular flexibility index (Phi) is 6.02. The predicted molar refractivity (Wildman–Crippen MR) is 116 cm³/mol. The highest BCUT2D eigenvalue weighted by Gasteiger charge is 2.41. The third-order valence-corrected chi connectivity index (χ3v) is 5.26.